The summed E-state index contributed by atoms with van der Waals surface area (Å²) in [5.41, 5.74) is 3.99. The number of tetrazole rings is 1. The third-order valence-corrected chi connectivity index (χ3v) is 6.75. The Kier molecular flexibility index (Phi) is 4.75. The number of benzene rings is 3. The van der Waals surface area contributed by atoms with Crippen LogP contribution in [0.3, 0.4) is 0 Å². The predicted molar refractivity (Wildman–Crippen MR) is 124 cm³/mol. The van der Waals surface area contributed by atoms with Crippen LogP contribution in [0.4, 0.5) is 5.95 Å². The smallest absolute Gasteiger partial charge is 0.317 e. The van der Waals surface area contributed by atoms with E-state index in [0.717, 1.165) is 41.2 Å². The van der Waals surface area contributed by atoms with Gasteiger partial charge in [-0.15, -0.1) is 0 Å². The highest BCUT2D eigenvalue weighted by molar-refractivity contribution is 6.04. The van der Waals surface area contributed by atoms with Gasteiger partial charge in [0.15, 0.2) is 0 Å². The maximum atomic E-state index is 13.8. The minimum Gasteiger partial charge on any atom is -0.457 e. The molecule has 2 heterocycles. The average molecular weight is 438 g/mol. The van der Waals surface area contributed by atoms with Crippen LogP contribution in [0.25, 0.3) is 10.8 Å². The quantitative estimate of drug-likeness (QED) is 0.432. The molecule has 7 heteroatoms. The molecule has 1 aliphatic heterocycles. The first-order valence-corrected chi connectivity index (χ1v) is 11.3. The van der Waals surface area contributed by atoms with Crippen molar-refractivity contribution in [2.45, 2.75) is 38.3 Å². The van der Waals surface area contributed by atoms with Gasteiger partial charge >= 0.3 is 5.97 Å². The first-order valence-electron chi connectivity index (χ1n) is 11.3. The Balaban J connectivity index is 1.43. The van der Waals surface area contributed by atoms with Crippen molar-refractivity contribution in [2.24, 2.45) is 10.9 Å². The first-order chi connectivity index (χ1) is 16.2. The van der Waals surface area contributed by atoms with Crippen LogP contribution in [0.5, 0.6) is 0 Å². The number of hydrogen-bond acceptors (Lipinski definition) is 6. The number of aromatic nitrogens is 4. The fourth-order valence-electron chi connectivity index (χ4n) is 5.20. The number of carbonyl (C=O) groups excluding carboxylic acids is 1. The third-order valence-electron chi connectivity index (χ3n) is 6.75. The molecule has 7 nitrogen and oxygen atoms in total. The van der Waals surface area contributed by atoms with Crippen molar-refractivity contribution in [3.8, 4) is 0 Å². The number of fused-ring (bicyclic) bond motifs is 3. The number of hydrogen-bond donors (Lipinski definition) is 0. The zero-order valence-electron chi connectivity index (χ0n) is 18.3. The van der Waals surface area contributed by atoms with Gasteiger partial charge in [-0.25, -0.2) is 9.67 Å². The van der Waals surface area contributed by atoms with Crippen LogP contribution in [0, 0.1) is 5.92 Å². The Morgan fingerprint density at radius 3 is 2.73 bits per heavy atom. The van der Waals surface area contributed by atoms with Gasteiger partial charge in [0, 0.05) is 5.71 Å². The van der Waals surface area contributed by atoms with Gasteiger partial charge in [0.25, 0.3) is 5.95 Å². The zero-order valence-corrected chi connectivity index (χ0v) is 18.3. The van der Waals surface area contributed by atoms with Crippen LogP contribution >= 0.6 is 0 Å². The van der Waals surface area contributed by atoms with Crippen molar-refractivity contribution < 1.29 is 9.53 Å². The lowest BCUT2D eigenvalue weighted by Gasteiger charge is -2.32. The van der Waals surface area contributed by atoms with E-state index in [1.165, 1.54) is 5.56 Å². The second-order valence-corrected chi connectivity index (χ2v) is 8.68. The lowest BCUT2D eigenvalue weighted by atomic mass is 9.85. The van der Waals surface area contributed by atoms with E-state index in [0.29, 0.717) is 11.7 Å². The fourth-order valence-corrected chi connectivity index (χ4v) is 5.20. The molecule has 3 atom stereocenters. The molecule has 3 unspecified atom stereocenters. The molecule has 33 heavy (non-hydrogen) atoms. The molecule has 0 bridgehead atoms. The van der Waals surface area contributed by atoms with Gasteiger partial charge in [0.2, 0.25) is 0 Å². The van der Waals surface area contributed by atoms with Crippen molar-refractivity contribution in [1.29, 1.82) is 0 Å². The molecular weight excluding hydrogens is 414 g/mol. The number of carbonyl (C=O) groups is 1. The molecule has 1 aliphatic carbocycles. The molecule has 0 saturated carbocycles. The van der Waals surface area contributed by atoms with Crippen molar-refractivity contribution >= 4 is 28.4 Å². The van der Waals surface area contributed by atoms with Crippen LogP contribution in [0.15, 0.2) is 71.7 Å². The van der Waals surface area contributed by atoms with Gasteiger partial charge in [-0.3, -0.25) is 4.79 Å². The summed E-state index contributed by atoms with van der Waals surface area (Å²) in [6.07, 6.45) is 2.58. The molecule has 1 aromatic heterocycles. The second-order valence-electron chi connectivity index (χ2n) is 8.68. The Morgan fingerprint density at radius 2 is 1.79 bits per heavy atom. The predicted octanol–water partition coefficient (Wildman–Crippen LogP) is 4.76. The summed E-state index contributed by atoms with van der Waals surface area (Å²) in [5.74, 6) is -0.518. The Labute approximate surface area is 191 Å². The number of aliphatic imine (C=N–C) groups is 1. The summed E-state index contributed by atoms with van der Waals surface area (Å²) in [5, 5.41) is 14.3. The molecule has 0 N–H and O–H groups in total. The van der Waals surface area contributed by atoms with E-state index in [9.17, 15) is 4.79 Å². The summed E-state index contributed by atoms with van der Waals surface area (Å²) >= 11 is 0. The highest BCUT2D eigenvalue weighted by atomic mass is 16.5. The molecule has 3 aromatic carbocycles. The molecule has 0 amide bonds. The monoisotopic (exact) mass is 437 g/mol. The summed E-state index contributed by atoms with van der Waals surface area (Å²) < 4.78 is 7.83. The van der Waals surface area contributed by atoms with Gasteiger partial charge in [-0.1, -0.05) is 71.8 Å². The highest BCUT2D eigenvalue weighted by Crippen LogP contribution is 2.40. The topological polar surface area (TPSA) is 82.3 Å². The van der Waals surface area contributed by atoms with E-state index in [4.69, 9.17) is 4.74 Å². The van der Waals surface area contributed by atoms with E-state index in [1.807, 2.05) is 43.3 Å². The number of ether oxygens (including phenoxy) is 1. The standard InChI is InChI=1S/C26H23N5O2/c1-16-23(25(32)33-22-15-7-11-18-9-3-5-13-20(18)22)24(31-26(27-16)28-29-30-31)21-14-6-10-17-8-2-4-12-19(17)21/h2-6,8-10,12-14,22-24H,7,11,15H2,1H3. The van der Waals surface area contributed by atoms with E-state index >= 15 is 0 Å². The van der Waals surface area contributed by atoms with Crippen LogP contribution < -0.4 is 0 Å². The summed E-state index contributed by atoms with van der Waals surface area (Å²) in [6.45, 7) is 1.86. The zero-order chi connectivity index (χ0) is 22.4. The van der Waals surface area contributed by atoms with Crippen LogP contribution in [-0.2, 0) is 16.0 Å². The second kappa shape index (κ2) is 7.92. The third kappa shape index (κ3) is 3.31. The minimum atomic E-state index is -0.624. The molecule has 4 aromatic rings. The molecule has 0 fully saturated rings. The van der Waals surface area contributed by atoms with Crippen LogP contribution in [-0.4, -0.2) is 31.9 Å². The van der Waals surface area contributed by atoms with E-state index in [2.05, 4.69) is 50.8 Å². The summed E-state index contributed by atoms with van der Waals surface area (Å²) in [6, 6.07) is 22.0. The molecule has 2 aliphatic rings. The van der Waals surface area contributed by atoms with Gasteiger partial charge in [-0.05, 0) is 64.1 Å². The largest absolute Gasteiger partial charge is 0.457 e. The van der Waals surface area contributed by atoms with Gasteiger partial charge in [0.05, 0.1) is 0 Å². The van der Waals surface area contributed by atoms with E-state index in [-0.39, 0.29) is 12.1 Å². The van der Waals surface area contributed by atoms with E-state index in [1.54, 1.807) is 4.68 Å². The lowest BCUT2D eigenvalue weighted by molar-refractivity contribution is -0.153. The van der Waals surface area contributed by atoms with Crippen molar-refractivity contribution in [1.82, 2.24) is 20.2 Å². The maximum absolute atomic E-state index is 13.8. The number of esters is 1. The minimum absolute atomic E-state index is 0.251. The van der Waals surface area contributed by atoms with Crippen LogP contribution in [0.1, 0.15) is 48.6 Å². The fraction of sp³-hybridized carbons (Fsp3) is 0.269. The van der Waals surface area contributed by atoms with Gasteiger partial charge < -0.3 is 4.74 Å². The SMILES string of the molecule is CC1=Nc2nnnn2C(c2cccc3ccccc23)C1C(=O)OC1CCCc2ccccc21. The van der Waals surface area contributed by atoms with Crippen molar-refractivity contribution in [3.63, 3.8) is 0 Å². The number of nitrogens with zero attached hydrogens (tertiary/aromatic N) is 5. The summed E-state index contributed by atoms with van der Waals surface area (Å²) in [4.78, 5) is 18.3. The normalized spacial score (nSPS) is 21.7. The van der Waals surface area contributed by atoms with Crippen molar-refractivity contribution in [2.75, 3.05) is 0 Å². The lowest BCUT2D eigenvalue weighted by Crippen LogP contribution is -2.38. The average Bonchev–Trinajstić information content (AvgIpc) is 3.31. The van der Waals surface area contributed by atoms with E-state index < -0.39 is 12.0 Å². The molecule has 0 spiro atoms. The number of rotatable bonds is 3. The Bertz CT molecular complexity index is 1390. The maximum Gasteiger partial charge on any atom is 0.317 e. The van der Waals surface area contributed by atoms with Crippen LogP contribution in [0.2, 0.25) is 0 Å². The number of aryl methyl sites for hydroxylation is 1. The molecular formula is C26H23N5O2. The van der Waals surface area contributed by atoms with Gasteiger partial charge in [0.1, 0.15) is 18.1 Å². The summed E-state index contributed by atoms with van der Waals surface area (Å²) in [7, 11) is 0. The van der Waals surface area contributed by atoms with Gasteiger partial charge in [-0.2, -0.15) is 0 Å². The molecule has 164 valence electrons. The Hall–Kier alpha value is -3.87. The molecule has 0 radical (unpaired) electrons. The van der Waals surface area contributed by atoms with Crippen molar-refractivity contribution in [3.05, 3.63) is 83.4 Å². The molecule has 0 saturated heterocycles. The highest BCUT2D eigenvalue weighted by Gasteiger charge is 2.42. The first kappa shape index (κ1) is 19.8. The molecule has 6 rings (SSSR count). The Morgan fingerprint density at radius 1 is 1.00 bits per heavy atom.